The molecule has 3 rings (SSSR count). The lowest BCUT2D eigenvalue weighted by molar-refractivity contribution is 0.0748. The van der Waals surface area contributed by atoms with E-state index in [-0.39, 0.29) is 11.7 Å². The maximum atomic E-state index is 12.2. The summed E-state index contributed by atoms with van der Waals surface area (Å²) in [7, 11) is 0. The molecule has 4 nitrogen and oxygen atoms in total. The first kappa shape index (κ1) is 10.6. The number of rotatable bonds is 1. The van der Waals surface area contributed by atoms with Crippen LogP contribution < -0.4 is 0 Å². The second-order valence-electron chi connectivity index (χ2n) is 4.78. The van der Waals surface area contributed by atoms with E-state index in [4.69, 9.17) is 4.74 Å². The molecule has 2 aliphatic rings. The number of para-hydroxylation sites is 1. The van der Waals surface area contributed by atoms with E-state index in [0.717, 1.165) is 26.3 Å². The van der Waals surface area contributed by atoms with Crippen molar-refractivity contribution in [2.75, 3.05) is 26.3 Å². The van der Waals surface area contributed by atoms with Crippen LogP contribution in [0.5, 0.6) is 5.75 Å². The van der Waals surface area contributed by atoms with Gasteiger partial charge in [-0.15, -0.1) is 0 Å². The van der Waals surface area contributed by atoms with E-state index in [1.807, 2.05) is 4.90 Å². The number of fused-ring (bicyclic) bond motifs is 1. The minimum absolute atomic E-state index is 0.0609. The lowest BCUT2D eigenvalue weighted by Crippen LogP contribution is -2.30. The third-order valence-corrected chi connectivity index (χ3v) is 3.66. The van der Waals surface area contributed by atoms with Crippen LogP contribution in [0.15, 0.2) is 24.3 Å². The molecule has 1 aromatic carbocycles. The Labute approximate surface area is 99.8 Å². The Kier molecular flexibility index (Phi) is 2.52. The molecule has 2 heterocycles. The van der Waals surface area contributed by atoms with Crippen molar-refractivity contribution in [2.24, 2.45) is 11.8 Å². The monoisotopic (exact) mass is 233 g/mol. The minimum atomic E-state index is -0.0718. The van der Waals surface area contributed by atoms with Crippen molar-refractivity contribution in [3.05, 3.63) is 29.8 Å². The number of nitrogens with zero attached hydrogens (tertiary/aromatic N) is 1. The quantitative estimate of drug-likeness (QED) is 0.790. The van der Waals surface area contributed by atoms with Crippen LogP contribution >= 0.6 is 0 Å². The zero-order valence-corrected chi connectivity index (χ0v) is 9.50. The minimum Gasteiger partial charge on any atom is -0.507 e. The molecule has 1 N–H and O–H groups in total. The Bertz CT molecular complexity index is 434. The summed E-state index contributed by atoms with van der Waals surface area (Å²) in [4.78, 5) is 14.1. The number of likely N-dealkylation sites (tertiary alicyclic amines) is 1. The van der Waals surface area contributed by atoms with Gasteiger partial charge in [0.15, 0.2) is 0 Å². The molecule has 17 heavy (non-hydrogen) atoms. The molecule has 0 bridgehead atoms. The van der Waals surface area contributed by atoms with Gasteiger partial charge in [-0.3, -0.25) is 4.79 Å². The number of hydrogen-bond acceptors (Lipinski definition) is 3. The molecule has 2 saturated heterocycles. The summed E-state index contributed by atoms with van der Waals surface area (Å²) >= 11 is 0. The first-order chi connectivity index (χ1) is 8.25. The third kappa shape index (κ3) is 1.78. The topological polar surface area (TPSA) is 49.8 Å². The summed E-state index contributed by atoms with van der Waals surface area (Å²) in [6.07, 6.45) is 0. The van der Waals surface area contributed by atoms with Gasteiger partial charge in [0.25, 0.3) is 5.91 Å². The van der Waals surface area contributed by atoms with E-state index >= 15 is 0 Å². The van der Waals surface area contributed by atoms with Crippen molar-refractivity contribution in [1.82, 2.24) is 4.90 Å². The van der Waals surface area contributed by atoms with Gasteiger partial charge in [-0.05, 0) is 12.1 Å². The van der Waals surface area contributed by atoms with Crippen molar-refractivity contribution in [3.63, 3.8) is 0 Å². The molecular weight excluding hydrogens is 218 g/mol. The smallest absolute Gasteiger partial charge is 0.257 e. The number of aromatic hydroxyl groups is 1. The molecule has 2 fully saturated rings. The lowest BCUT2D eigenvalue weighted by atomic mass is 10.0. The Morgan fingerprint density at radius 3 is 2.53 bits per heavy atom. The van der Waals surface area contributed by atoms with Crippen LogP contribution in [0.4, 0.5) is 0 Å². The fourth-order valence-corrected chi connectivity index (χ4v) is 2.68. The van der Waals surface area contributed by atoms with Crippen LogP contribution in [0.3, 0.4) is 0 Å². The Morgan fingerprint density at radius 1 is 1.24 bits per heavy atom. The maximum absolute atomic E-state index is 12.2. The number of ether oxygens (including phenoxy) is 1. The van der Waals surface area contributed by atoms with Gasteiger partial charge in [-0.2, -0.15) is 0 Å². The third-order valence-electron chi connectivity index (χ3n) is 3.66. The van der Waals surface area contributed by atoms with Crippen molar-refractivity contribution >= 4 is 5.91 Å². The van der Waals surface area contributed by atoms with Gasteiger partial charge in [0.1, 0.15) is 5.75 Å². The Morgan fingerprint density at radius 2 is 1.88 bits per heavy atom. The molecule has 1 aromatic rings. The maximum Gasteiger partial charge on any atom is 0.257 e. The largest absolute Gasteiger partial charge is 0.507 e. The SMILES string of the molecule is O=C(c1ccccc1O)N1CC2COCC2C1. The number of hydrogen-bond donors (Lipinski definition) is 1. The summed E-state index contributed by atoms with van der Waals surface area (Å²) in [6.45, 7) is 3.01. The number of phenols is 1. The highest BCUT2D eigenvalue weighted by atomic mass is 16.5. The lowest BCUT2D eigenvalue weighted by Gasteiger charge is -2.17. The summed E-state index contributed by atoms with van der Waals surface area (Å²) in [5.74, 6) is 0.943. The molecule has 90 valence electrons. The van der Waals surface area contributed by atoms with Crippen LogP contribution in [0.25, 0.3) is 0 Å². The Hall–Kier alpha value is -1.55. The van der Waals surface area contributed by atoms with Gasteiger partial charge in [0.2, 0.25) is 0 Å². The van der Waals surface area contributed by atoms with Gasteiger partial charge >= 0.3 is 0 Å². The van der Waals surface area contributed by atoms with Crippen LogP contribution in [0.1, 0.15) is 10.4 Å². The van der Waals surface area contributed by atoms with E-state index in [9.17, 15) is 9.90 Å². The first-order valence-electron chi connectivity index (χ1n) is 5.90. The molecule has 0 aliphatic carbocycles. The molecule has 0 saturated carbocycles. The zero-order chi connectivity index (χ0) is 11.8. The molecule has 4 heteroatoms. The number of carbonyl (C=O) groups excluding carboxylic acids is 1. The highest BCUT2D eigenvalue weighted by Gasteiger charge is 2.39. The van der Waals surface area contributed by atoms with Gasteiger partial charge < -0.3 is 14.7 Å². The summed E-state index contributed by atoms with van der Waals surface area (Å²) in [6, 6.07) is 6.71. The second-order valence-corrected chi connectivity index (χ2v) is 4.78. The zero-order valence-electron chi connectivity index (χ0n) is 9.50. The number of benzene rings is 1. The molecule has 0 spiro atoms. The molecule has 1 amide bonds. The molecular formula is C13H15NO3. The summed E-state index contributed by atoms with van der Waals surface area (Å²) in [5.41, 5.74) is 0.397. The number of phenolic OH excluding ortho intramolecular Hbond substituents is 1. The first-order valence-corrected chi connectivity index (χ1v) is 5.90. The molecule has 2 unspecified atom stereocenters. The van der Waals surface area contributed by atoms with E-state index in [0.29, 0.717) is 17.4 Å². The van der Waals surface area contributed by atoms with E-state index < -0.39 is 0 Å². The molecule has 0 radical (unpaired) electrons. The normalized spacial score (nSPS) is 27.2. The average Bonchev–Trinajstić information content (AvgIpc) is 2.88. The molecule has 2 aliphatic heterocycles. The molecule has 0 aromatic heterocycles. The predicted octanol–water partition coefficient (Wildman–Crippen LogP) is 1.11. The highest BCUT2D eigenvalue weighted by molar-refractivity contribution is 5.97. The summed E-state index contributed by atoms with van der Waals surface area (Å²) < 4.78 is 5.38. The van der Waals surface area contributed by atoms with E-state index in [1.165, 1.54) is 0 Å². The van der Waals surface area contributed by atoms with Gasteiger partial charge in [0.05, 0.1) is 18.8 Å². The molecule has 2 atom stereocenters. The van der Waals surface area contributed by atoms with Crippen LogP contribution in [0, 0.1) is 11.8 Å². The average molecular weight is 233 g/mol. The van der Waals surface area contributed by atoms with Crippen molar-refractivity contribution in [1.29, 1.82) is 0 Å². The van der Waals surface area contributed by atoms with Crippen LogP contribution in [-0.2, 0) is 4.74 Å². The summed E-state index contributed by atoms with van der Waals surface area (Å²) in [5, 5.41) is 9.67. The van der Waals surface area contributed by atoms with Gasteiger partial charge in [-0.1, -0.05) is 12.1 Å². The van der Waals surface area contributed by atoms with Crippen molar-refractivity contribution < 1.29 is 14.6 Å². The second kappa shape index (κ2) is 4.04. The van der Waals surface area contributed by atoms with Crippen LogP contribution in [0.2, 0.25) is 0 Å². The van der Waals surface area contributed by atoms with Crippen LogP contribution in [-0.4, -0.2) is 42.2 Å². The van der Waals surface area contributed by atoms with Crippen molar-refractivity contribution in [2.45, 2.75) is 0 Å². The highest BCUT2D eigenvalue weighted by Crippen LogP contribution is 2.31. The number of amides is 1. The van der Waals surface area contributed by atoms with Gasteiger partial charge in [-0.25, -0.2) is 0 Å². The van der Waals surface area contributed by atoms with E-state index in [1.54, 1.807) is 24.3 Å². The predicted molar refractivity (Wildman–Crippen MR) is 61.8 cm³/mol. The Balaban J connectivity index is 1.78. The van der Waals surface area contributed by atoms with E-state index in [2.05, 4.69) is 0 Å². The fraction of sp³-hybridized carbons (Fsp3) is 0.462. The number of carbonyl (C=O) groups is 1. The fourth-order valence-electron chi connectivity index (χ4n) is 2.68. The standard InChI is InChI=1S/C13H15NO3/c15-12-4-2-1-3-11(12)13(16)14-5-9-7-17-8-10(9)6-14/h1-4,9-10,15H,5-8H2. The van der Waals surface area contributed by atoms with Crippen molar-refractivity contribution in [3.8, 4) is 5.75 Å². The van der Waals surface area contributed by atoms with Gasteiger partial charge in [0, 0.05) is 24.9 Å².